The first-order valence-corrected chi connectivity index (χ1v) is 7.45. The predicted octanol–water partition coefficient (Wildman–Crippen LogP) is 2.72. The van der Waals surface area contributed by atoms with Gasteiger partial charge in [0.1, 0.15) is 0 Å². The maximum atomic E-state index is 6.20. The zero-order valence-electron chi connectivity index (χ0n) is 12.2. The highest BCUT2D eigenvalue weighted by molar-refractivity contribution is 4.88. The molecule has 4 unspecified atom stereocenters. The van der Waals surface area contributed by atoms with Crippen LogP contribution in [0.15, 0.2) is 0 Å². The molecule has 1 saturated carbocycles. The van der Waals surface area contributed by atoms with Gasteiger partial charge in [-0.05, 0) is 43.4 Å². The highest BCUT2D eigenvalue weighted by atomic mass is 16.5. The molecule has 0 spiro atoms. The van der Waals surface area contributed by atoms with Crippen molar-refractivity contribution in [2.45, 2.75) is 71.1 Å². The Bertz CT molecular complexity index is 256. The van der Waals surface area contributed by atoms with Crippen molar-refractivity contribution >= 4 is 0 Å². The fourth-order valence-electron chi connectivity index (χ4n) is 3.14. The van der Waals surface area contributed by atoms with Gasteiger partial charge in [0.25, 0.3) is 0 Å². The van der Waals surface area contributed by atoms with Crippen LogP contribution >= 0.6 is 0 Å². The largest absolute Gasteiger partial charge is 0.376 e. The molecule has 3 nitrogen and oxygen atoms in total. The standard InChI is InChI=1S/C15H29NO2/c1-15(2,3)11-6-7-13(16)14(9-11)18-10-12-5-4-8-17-12/h11-14H,4-10,16H2,1-3H3. The fourth-order valence-corrected chi connectivity index (χ4v) is 3.14. The average molecular weight is 255 g/mol. The van der Waals surface area contributed by atoms with Gasteiger partial charge in [-0.25, -0.2) is 0 Å². The maximum absolute atomic E-state index is 6.20. The molecule has 2 aliphatic rings. The summed E-state index contributed by atoms with van der Waals surface area (Å²) in [5.74, 6) is 0.729. The Morgan fingerprint density at radius 1 is 1.22 bits per heavy atom. The highest BCUT2D eigenvalue weighted by Gasteiger charge is 2.35. The molecule has 106 valence electrons. The van der Waals surface area contributed by atoms with Crippen LogP contribution in [-0.4, -0.2) is 31.5 Å². The van der Waals surface area contributed by atoms with E-state index in [4.69, 9.17) is 15.2 Å². The molecule has 18 heavy (non-hydrogen) atoms. The molecule has 1 saturated heterocycles. The summed E-state index contributed by atoms with van der Waals surface area (Å²) < 4.78 is 11.7. The van der Waals surface area contributed by atoms with E-state index in [1.807, 2.05) is 0 Å². The van der Waals surface area contributed by atoms with Crippen molar-refractivity contribution in [2.24, 2.45) is 17.1 Å². The summed E-state index contributed by atoms with van der Waals surface area (Å²) in [4.78, 5) is 0. The van der Waals surface area contributed by atoms with Gasteiger partial charge in [-0.3, -0.25) is 0 Å². The lowest BCUT2D eigenvalue weighted by atomic mass is 9.70. The molecule has 3 heteroatoms. The van der Waals surface area contributed by atoms with Crippen LogP contribution in [0.25, 0.3) is 0 Å². The van der Waals surface area contributed by atoms with Crippen molar-refractivity contribution in [3.05, 3.63) is 0 Å². The molecule has 0 aromatic rings. The summed E-state index contributed by atoms with van der Waals surface area (Å²) in [6.45, 7) is 8.60. The molecular weight excluding hydrogens is 226 g/mol. The van der Waals surface area contributed by atoms with Gasteiger partial charge in [-0.15, -0.1) is 0 Å². The third-order valence-electron chi connectivity index (χ3n) is 4.59. The molecular formula is C15H29NO2. The Hall–Kier alpha value is -0.120. The Kier molecular flexibility index (Phi) is 4.68. The zero-order valence-corrected chi connectivity index (χ0v) is 12.2. The first kappa shape index (κ1) is 14.3. The van der Waals surface area contributed by atoms with Gasteiger partial charge in [0.05, 0.1) is 18.8 Å². The number of nitrogens with two attached hydrogens (primary N) is 1. The van der Waals surface area contributed by atoms with E-state index < -0.39 is 0 Å². The van der Waals surface area contributed by atoms with Gasteiger partial charge in [-0.2, -0.15) is 0 Å². The van der Waals surface area contributed by atoms with Crippen LogP contribution in [0.3, 0.4) is 0 Å². The van der Waals surface area contributed by atoms with Gasteiger partial charge in [0, 0.05) is 12.6 Å². The molecule has 2 rings (SSSR count). The van der Waals surface area contributed by atoms with E-state index in [0.717, 1.165) is 38.4 Å². The predicted molar refractivity (Wildman–Crippen MR) is 73.5 cm³/mol. The smallest absolute Gasteiger partial charge is 0.0809 e. The first-order valence-electron chi connectivity index (χ1n) is 7.45. The van der Waals surface area contributed by atoms with Crippen LogP contribution in [-0.2, 0) is 9.47 Å². The lowest BCUT2D eigenvalue weighted by molar-refractivity contribution is -0.0578. The minimum atomic E-state index is 0.213. The molecule has 0 aromatic carbocycles. The maximum Gasteiger partial charge on any atom is 0.0809 e. The first-order chi connectivity index (χ1) is 8.47. The molecule has 0 aromatic heterocycles. The summed E-state index contributed by atoms with van der Waals surface area (Å²) in [7, 11) is 0. The highest BCUT2D eigenvalue weighted by Crippen LogP contribution is 2.38. The lowest BCUT2D eigenvalue weighted by Crippen LogP contribution is -2.45. The van der Waals surface area contributed by atoms with E-state index in [0.29, 0.717) is 11.5 Å². The SMILES string of the molecule is CC(C)(C)C1CCC(N)C(OCC2CCCO2)C1. The Labute approximate surface area is 111 Å². The Balaban J connectivity index is 1.81. The minimum absolute atomic E-state index is 0.213. The van der Waals surface area contributed by atoms with Crippen LogP contribution in [0.4, 0.5) is 0 Å². The summed E-state index contributed by atoms with van der Waals surface area (Å²) in [6, 6.07) is 0.213. The molecule has 4 atom stereocenters. The van der Waals surface area contributed by atoms with Crippen molar-refractivity contribution in [2.75, 3.05) is 13.2 Å². The van der Waals surface area contributed by atoms with Gasteiger partial charge in [0.15, 0.2) is 0 Å². The monoisotopic (exact) mass is 255 g/mol. The van der Waals surface area contributed by atoms with Crippen LogP contribution in [0.2, 0.25) is 0 Å². The summed E-state index contributed by atoms with van der Waals surface area (Å²) in [6.07, 6.45) is 6.30. The van der Waals surface area contributed by atoms with E-state index in [1.165, 1.54) is 12.8 Å². The number of hydrogen-bond donors (Lipinski definition) is 1. The average Bonchev–Trinajstić information content (AvgIpc) is 2.79. The van der Waals surface area contributed by atoms with Crippen LogP contribution < -0.4 is 5.73 Å². The van der Waals surface area contributed by atoms with Gasteiger partial charge < -0.3 is 15.2 Å². The third-order valence-corrected chi connectivity index (χ3v) is 4.59. The molecule has 1 aliphatic carbocycles. The van der Waals surface area contributed by atoms with Crippen LogP contribution in [0.1, 0.15) is 52.9 Å². The number of rotatable bonds is 3. The van der Waals surface area contributed by atoms with E-state index >= 15 is 0 Å². The van der Waals surface area contributed by atoms with Crippen LogP contribution in [0.5, 0.6) is 0 Å². The summed E-state index contributed by atoms with van der Waals surface area (Å²) >= 11 is 0. The molecule has 2 N–H and O–H groups in total. The zero-order chi connectivity index (χ0) is 13.2. The summed E-state index contributed by atoms with van der Waals surface area (Å²) in [5, 5.41) is 0. The summed E-state index contributed by atoms with van der Waals surface area (Å²) in [5.41, 5.74) is 6.57. The van der Waals surface area contributed by atoms with E-state index in [-0.39, 0.29) is 12.1 Å². The molecule has 0 radical (unpaired) electrons. The number of hydrogen-bond acceptors (Lipinski definition) is 3. The lowest BCUT2D eigenvalue weighted by Gasteiger charge is -2.40. The van der Waals surface area contributed by atoms with Crippen molar-refractivity contribution < 1.29 is 9.47 Å². The van der Waals surface area contributed by atoms with Crippen molar-refractivity contribution in [1.82, 2.24) is 0 Å². The van der Waals surface area contributed by atoms with Crippen molar-refractivity contribution in [3.63, 3.8) is 0 Å². The minimum Gasteiger partial charge on any atom is -0.376 e. The van der Waals surface area contributed by atoms with Gasteiger partial charge >= 0.3 is 0 Å². The normalized spacial score (nSPS) is 38.0. The van der Waals surface area contributed by atoms with Gasteiger partial charge in [0.2, 0.25) is 0 Å². The Morgan fingerprint density at radius 3 is 2.61 bits per heavy atom. The second-order valence-corrected chi connectivity index (χ2v) is 7.05. The quantitative estimate of drug-likeness (QED) is 0.843. The molecule has 0 amide bonds. The molecule has 1 heterocycles. The van der Waals surface area contributed by atoms with Crippen LogP contribution in [0, 0.1) is 11.3 Å². The topological polar surface area (TPSA) is 44.5 Å². The third kappa shape index (κ3) is 3.69. The van der Waals surface area contributed by atoms with Crippen molar-refractivity contribution in [3.8, 4) is 0 Å². The number of ether oxygens (including phenoxy) is 2. The Morgan fingerprint density at radius 2 is 2.00 bits per heavy atom. The van der Waals surface area contributed by atoms with E-state index in [9.17, 15) is 0 Å². The second kappa shape index (κ2) is 5.89. The molecule has 1 aliphatic heterocycles. The fraction of sp³-hybridized carbons (Fsp3) is 1.00. The van der Waals surface area contributed by atoms with E-state index in [2.05, 4.69) is 20.8 Å². The second-order valence-electron chi connectivity index (χ2n) is 7.05. The van der Waals surface area contributed by atoms with E-state index in [1.54, 1.807) is 0 Å². The van der Waals surface area contributed by atoms with Crippen molar-refractivity contribution in [1.29, 1.82) is 0 Å². The van der Waals surface area contributed by atoms with Gasteiger partial charge in [-0.1, -0.05) is 20.8 Å². The molecule has 0 bridgehead atoms. The molecule has 2 fully saturated rings.